The minimum atomic E-state index is -3.56. The van der Waals surface area contributed by atoms with E-state index >= 15 is 0 Å². The van der Waals surface area contributed by atoms with Crippen LogP contribution in [0.25, 0.3) is 0 Å². The van der Waals surface area contributed by atoms with Crippen molar-refractivity contribution < 1.29 is 13.2 Å². The molecule has 0 unspecified atom stereocenters. The zero-order valence-corrected chi connectivity index (χ0v) is 18.1. The molecule has 0 saturated heterocycles. The van der Waals surface area contributed by atoms with Crippen LogP contribution >= 0.6 is 15.9 Å². The first-order valence-corrected chi connectivity index (χ1v) is 11.8. The molecule has 0 N–H and O–H groups in total. The smallest absolute Gasteiger partial charge is 0.231 e. The maximum absolute atomic E-state index is 13.3. The number of rotatable bonds is 5. The first-order valence-electron chi connectivity index (χ1n) is 9.35. The third kappa shape index (κ3) is 4.28. The first-order chi connectivity index (χ1) is 13.9. The van der Waals surface area contributed by atoms with Gasteiger partial charge in [-0.3, -0.25) is 4.79 Å². The van der Waals surface area contributed by atoms with Crippen LogP contribution in [0.4, 0.5) is 5.69 Å². The van der Waals surface area contributed by atoms with E-state index in [4.69, 9.17) is 0 Å². The Bertz CT molecular complexity index is 1130. The zero-order valence-electron chi connectivity index (χ0n) is 15.7. The molecule has 0 spiro atoms. The van der Waals surface area contributed by atoms with E-state index < -0.39 is 15.8 Å². The SMILES string of the molecule is O=C1[C@@H](CS(=O)(=O)c2ccccc2)Cc2cc(Br)ccc2N1Cc1ccccc1. The van der Waals surface area contributed by atoms with Gasteiger partial charge in [-0.2, -0.15) is 0 Å². The highest BCUT2D eigenvalue weighted by Crippen LogP contribution is 2.35. The fourth-order valence-electron chi connectivity index (χ4n) is 3.72. The minimum absolute atomic E-state index is 0.150. The van der Waals surface area contributed by atoms with Gasteiger partial charge in [-0.15, -0.1) is 0 Å². The number of anilines is 1. The minimum Gasteiger partial charge on any atom is -0.307 e. The number of hydrogen-bond donors (Lipinski definition) is 0. The van der Waals surface area contributed by atoms with Gasteiger partial charge in [0.2, 0.25) is 5.91 Å². The molecule has 0 radical (unpaired) electrons. The maximum atomic E-state index is 13.3. The summed E-state index contributed by atoms with van der Waals surface area (Å²) in [4.78, 5) is 15.3. The first kappa shape index (κ1) is 19.9. The van der Waals surface area contributed by atoms with Crippen LogP contribution in [0.15, 0.2) is 88.2 Å². The predicted octanol–water partition coefficient (Wildman–Crippen LogP) is 4.63. The number of nitrogens with zero attached hydrogens (tertiary/aromatic N) is 1. The Labute approximate surface area is 179 Å². The van der Waals surface area contributed by atoms with E-state index in [-0.39, 0.29) is 16.6 Å². The number of sulfone groups is 1. The molecule has 1 aliphatic rings. The summed E-state index contributed by atoms with van der Waals surface area (Å²) < 4.78 is 26.7. The number of amides is 1. The van der Waals surface area contributed by atoms with Crippen LogP contribution in [0.3, 0.4) is 0 Å². The van der Waals surface area contributed by atoms with Crippen LogP contribution in [0, 0.1) is 5.92 Å². The van der Waals surface area contributed by atoms with E-state index in [1.807, 2.05) is 48.5 Å². The molecule has 1 amide bonds. The Balaban J connectivity index is 1.68. The molecule has 3 aromatic rings. The van der Waals surface area contributed by atoms with Crippen LogP contribution in [0.2, 0.25) is 0 Å². The van der Waals surface area contributed by atoms with Gasteiger partial charge in [0, 0.05) is 10.2 Å². The Morgan fingerprint density at radius 2 is 1.59 bits per heavy atom. The number of halogens is 1. The lowest BCUT2D eigenvalue weighted by molar-refractivity contribution is -0.122. The standard InChI is InChI=1S/C23H20BrNO3S/c24-20-11-12-22-18(14-20)13-19(16-29(27,28)21-9-5-2-6-10-21)23(26)25(22)15-17-7-3-1-4-8-17/h1-12,14,19H,13,15-16H2/t19-/m1/s1. The van der Waals surface area contributed by atoms with Crippen molar-refractivity contribution in [1.29, 1.82) is 0 Å². The van der Waals surface area contributed by atoms with Crippen LogP contribution in [-0.4, -0.2) is 20.1 Å². The van der Waals surface area contributed by atoms with Crippen LogP contribution in [0.1, 0.15) is 11.1 Å². The average Bonchev–Trinajstić information content (AvgIpc) is 2.72. The molecule has 0 aromatic heterocycles. The van der Waals surface area contributed by atoms with Crippen LogP contribution in [-0.2, 0) is 27.6 Å². The van der Waals surface area contributed by atoms with Crippen molar-refractivity contribution in [2.45, 2.75) is 17.9 Å². The lowest BCUT2D eigenvalue weighted by atomic mass is 9.92. The number of fused-ring (bicyclic) bond motifs is 1. The van der Waals surface area contributed by atoms with Crippen LogP contribution in [0.5, 0.6) is 0 Å². The van der Waals surface area contributed by atoms with Crippen molar-refractivity contribution in [1.82, 2.24) is 0 Å². The van der Waals surface area contributed by atoms with Gasteiger partial charge >= 0.3 is 0 Å². The van der Waals surface area contributed by atoms with Crippen molar-refractivity contribution in [3.8, 4) is 0 Å². The molecule has 4 nitrogen and oxygen atoms in total. The van der Waals surface area contributed by atoms with Crippen molar-refractivity contribution in [3.63, 3.8) is 0 Å². The second-order valence-corrected chi connectivity index (χ2v) is 10.1. The van der Waals surface area contributed by atoms with E-state index in [0.717, 1.165) is 21.3 Å². The van der Waals surface area contributed by atoms with Crippen molar-refractivity contribution in [2.75, 3.05) is 10.7 Å². The van der Waals surface area contributed by atoms with E-state index in [1.165, 1.54) is 0 Å². The largest absolute Gasteiger partial charge is 0.307 e. The highest BCUT2D eigenvalue weighted by molar-refractivity contribution is 9.10. The van der Waals surface area contributed by atoms with Crippen molar-refractivity contribution >= 4 is 37.4 Å². The van der Waals surface area contributed by atoms with Crippen LogP contribution < -0.4 is 4.90 Å². The van der Waals surface area contributed by atoms with Crippen molar-refractivity contribution in [3.05, 3.63) is 94.5 Å². The zero-order chi connectivity index (χ0) is 20.4. The summed E-state index contributed by atoms with van der Waals surface area (Å²) in [7, 11) is -3.56. The Kier molecular flexibility index (Phi) is 5.56. The number of hydrogen-bond acceptors (Lipinski definition) is 3. The monoisotopic (exact) mass is 469 g/mol. The Morgan fingerprint density at radius 3 is 2.28 bits per heavy atom. The normalized spacial score (nSPS) is 16.5. The highest BCUT2D eigenvalue weighted by atomic mass is 79.9. The molecular weight excluding hydrogens is 450 g/mol. The molecule has 148 valence electrons. The fraction of sp³-hybridized carbons (Fsp3) is 0.174. The molecule has 29 heavy (non-hydrogen) atoms. The molecule has 1 atom stereocenters. The fourth-order valence-corrected chi connectivity index (χ4v) is 5.68. The van der Waals surface area contributed by atoms with E-state index in [0.29, 0.717) is 13.0 Å². The van der Waals surface area contributed by atoms with Gasteiger partial charge in [0.1, 0.15) is 0 Å². The van der Waals surface area contributed by atoms with E-state index in [1.54, 1.807) is 35.2 Å². The van der Waals surface area contributed by atoms with Gasteiger partial charge in [0.25, 0.3) is 0 Å². The average molecular weight is 470 g/mol. The summed E-state index contributed by atoms with van der Waals surface area (Å²) in [5.41, 5.74) is 2.82. The van der Waals surface area contributed by atoms with Gasteiger partial charge in [-0.05, 0) is 47.9 Å². The molecule has 0 bridgehead atoms. The number of benzene rings is 3. The summed E-state index contributed by atoms with van der Waals surface area (Å²) in [6.07, 6.45) is 0.408. The highest BCUT2D eigenvalue weighted by Gasteiger charge is 2.36. The summed E-state index contributed by atoms with van der Waals surface area (Å²) in [5.74, 6) is -0.971. The third-order valence-corrected chi connectivity index (χ3v) is 7.45. The topological polar surface area (TPSA) is 54.5 Å². The lowest BCUT2D eigenvalue weighted by Crippen LogP contribution is -2.43. The quantitative estimate of drug-likeness (QED) is 0.547. The van der Waals surface area contributed by atoms with Gasteiger partial charge in [-0.1, -0.05) is 64.5 Å². The van der Waals surface area contributed by atoms with E-state index in [9.17, 15) is 13.2 Å². The maximum Gasteiger partial charge on any atom is 0.231 e. The number of carbonyl (C=O) groups excluding carboxylic acids is 1. The molecule has 1 heterocycles. The molecule has 6 heteroatoms. The molecule has 0 saturated carbocycles. The van der Waals surface area contributed by atoms with Crippen molar-refractivity contribution in [2.24, 2.45) is 5.92 Å². The Morgan fingerprint density at radius 1 is 0.931 bits per heavy atom. The van der Waals surface area contributed by atoms with E-state index in [2.05, 4.69) is 15.9 Å². The number of carbonyl (C=O) groups is 1. The molecule has 4 rings (SSSR count). The van der Waals surface area contributed by atoms with Gasteiger partial charge in [0.05, 0.1) is 23.1 Å². The molecule has 3 aromatic carbocycles. The molecule has 0 aliphatic carbocycles. The predicted molar refractivity (Wildman–Crippen MR) is 117 cm³/mol. The van der Waals surface area contributed by atoms with Gasteiger partial charge in [0.15, 0.2) is 9.84 Å². The molecule has 0 fully saturated rings. The third-order valence-electron chi connectivity index (χ3n) is 5.12. The molecular formula is C23H20BrNO3S. The summed E-state index contributed by atoms with van der Waals surface area (Å²) in [6.45, 7) is 0.413. The van der Waals surface area contributed by atoms with Gasteiger partial charge in [-0.25, -0.2) is 8.42 Å². The summed E-state index contributed by atoms with van der Waals surface area (Å²) >= 11 is 3.49. The molecule has 1 aliphatic heterocycles. The lowest BCUT2D eigenvalue weighted by Gasteiger charge is -2.34. The Hall–Kier alpha value is -2.44. The summed E-state index contributed by atoms with van der Waals surface area (Å²) in [6, 6.07) is 23.9. The second kappa shape index (κ2) is 8.13. The second-order valence-electron chi connectivity index (χ2n) is 7.18. The van der Waals surface area contributed by atoms with Gasteiger partial charge < -0.3 is 4.90 Å². The summed E-state index contributed by atoms with van der Waals surface area (Å²) in [5, 5.41) is 0.